The fourth-order valence-corrected chi connectivity index (χ4v) is 13.5. The second-order valence-electron chi connectivity index (χ2n) is 11.7. The van der Waals surface area contributed by atoms with E-state index in [1.807, 2.05) is 0 Å². The standard InChI is InChI=1S/C22H35BN10O17P5.5Na/c23-55(44,49-53(40,41)9-51(36,37)45-3-13-11(34)1-15(47-13)32-7-30-17-19(24)26-5-28-21(17)32)50-54(42,43)10-52(38,39)46-4-14-12(35)2-16(48-14)33-8-31-18-20(25)27-6-29-22(18)33;;;;;/h5-8,11-16,34-35H,1-4,9-10H2,23H3,(H,36,37)(H,38,39)(H,40,41)(H,42,43)(H2,24,26,28)(H2,25,27,29);;;;;/q-1;5*+1/p-4/t11-,12-,13+,14+,15+,16+;;;;;/m0...../s1. The summed E-state index contributed by atoms with van der Waals surface area (Å²) in [4.78, 5) is 74.1. The number of rotatable bonds is 16. The maximum absolute atomic E-state index is 12.9. The van der Waals surface area contributed by atoms with Crippen LogP contribution in [0.15, 0.2) is 25.3 Å². The van der Waals surface area contributed by atoms with Crippen molar-refractivity contribution in [2.45, 2.75) is 49.7 Å². The number of fused-ring (bicyclic) bond motifs is 2. The Bertz CT molecular complexity index is 2190. The zero-order valence-corrected chi connectivity index (χ0v) is 46.5. The molecule has 0 spiro atoms. The van der Waals surface area contributed by atoms with Crippen LogP contribution in [0.25, 0.3) is 22.3 Å². The number of nitrogens with two attached hydrogens (primary N) is 2. The average molecular weight is 988 g/mol. The van der Waals surface area contributed by atoms with Crippen molar-refractivity contribution in [1.29, 1.82) is 0 Å². The third-order valence-electron chi connectivity index (χ3n) is 7.75. The summed E-state index contributed by atoms with van der Waals surface area (Å²) in [5.74, 6) is -3.68. The summed E-state index contributed by atoms with van der Waals surface area (Å²) < 4.78 is 95.4. The minimum absolute atomic E-state index is 0. The van der Waals surface area contributed by atoms with E-state index < -0.39 is 107 Å². The second-order valence-corrected chi connectivity index (χ2v) is 21.2. The van der Waals surface area contributed by atoms with Gasteiger partial charge in [0.05, 0.1) is 57.4 Å². The number of nitrogens with zero attached hydrogens (tertiary/aromatic N) is 8. The van der Waals surface area contributed by atoms with Crippen LogP contribution < -0.4 is 179 Å². The molecule has 6 N–H and O–H groups in total. The summed E-state index contributed by atoms with van der Waals surface area (Å²) in [6.45, 7) is -1.74. The van der Waals surface area contributed by atoms with Crippen molar-refractivity contribution in [3.05, 3.63) is 25.3 Å². The van der Waals surface area contributed by atoms with E-state index in [2.05, 4.69) is 38.5 Å². The molecule has 6 heterocycles. The van der Waals surface area contributed by atoms with Gasteiger partial charge in [-0.25, -0.2) is 29.9 Å². The van der Waals surface area contributed by atoms with Crippen molar-refractivity contribution < 1.29 is 228 Å². The zero-order valence-electron chi connectivity index (χ0n) is 32.0. The van der Waals surface area contributed by atoms with Crippen molar-refractivity contribution >= 4 is 79.4 Å². The Morgan fingerprint density at radius 1 is 0.650 bits per heavy atom. The summed E-state index contributed by atoms with van der Waals surface area (Å²) in [6.07, 6.45) is -2.17. The van der Waals surface area contributed by atoms with E-state index in [0.717, 1.165) is 0 Å². The molecular weight excluding hydrogens is 957 g/mol. The fraction of sp³-hybridized carbons (Fsp3) is 0.545. The van der Waals surface area contributed by atoms with Gasteiger partial charge in [0.1, 0.15) is 78.7 Å². The number of aromatic nitrogens is 8. The number of hydrogen-bond donors (Lipinski definition) is 4. The van der Waals surface area contributed by atoms with Crippen LogP contribution in [-0.4, -0.2) is 106 Å². The maximum atomic E-state index is 12.9. The molecule has 0 saturated carbocycles. The van der Waals surface area contributed by atoms with Gasteiger partial charge in [0.25, 0.3) is 0 Å². The largest absolute Gasteiger partial charge is 1.00 e. The molecule has 60 heavy (non-hydrogen) atoms. The molecule has 27 nitrogen and oxygen atoms in total. The Morgan fingerprint density at radius 2 is 1.00 bits per heavy atom. The molecule has 304 valence electrons. The van der Waals surface area contributed by atoms with Gasteiger partial charge in [-0.2, -0.15) is 0 Å². The second kappa shape index (κ2) is 24.1. The first-order valence-corrected chi connectivity index (χ1v) is 23.1. The Kier molecular flexibility index (Phi) is 24.3. The quantitative estimate of drug-likeness (QED) is 0.0598. The Labute approximate surface area is 451 Å². The normalized spacial score (nSPS) is 26.3. The number of hydrogen-bond acceptors (Lipinski definition) is 25. The summed E-state index contributed by atoms with van der Waals surface area (Å²) in [5.41, 5.74) is 12.5. The number of ether oxygens (including phenoxy) is 2. The number of aliphatic hydroxyl groups excluding tert-OH is 2. The molecule has 0 bridgehead atoms. The van der Waals surface area contributed by atoms with Crippen LogP contribution in [-0.2, 0) is 50.0 Å². The average Bonchev–Trinajstić information content (AvgIpc) is 3.82. The van der Waals surface area contributed by atoms with Crippen molar-refractivity contribution in [1.82, 2.24) is 39.0 Å². The number of anilines is 2. The Balaban J connectivity index is 0.00000360. The van der Waals surface area contributed by atoms with Gasteiger partial charge < -0.3 is 82.6 Å². The monoisotopic (exact) mass is 988 g/mol. The smallest absolute Gasteiger partial charge is 0.778 e. The summed E-state index contributed by atoms with van der Waals surface area (Å²) in [7, 11) is -29.4. The first kappa shape index (κ1) is 60.5. The minimum Gasteiger partial charge on any atom is -0.778 e. The van der Waals surface area contributed by atoms with Crippen LogP contribution in [0.2, 0.25) is 0 Å². The van der Waals surface area contributed by atoms with Crippen LogP contribution in [0.3, 0.4) is 0 Å². The minimum atomic E-state index is -5.73. The summed E-state index contributed by atoms with van der Waals surface area (Å²) in [5, 5.41) is 20.9. The van der Waals surface area contributed by atoms with Crippen LogP contribution in [0, 0.1) is 0 Å². The predicted molar refractivity (Wildman–Crippen MR) is 180 cm³/mol. The maximum Gasteiger partial charge on any atom is 1.00 e. The molecular formula is C22H31BN10Na5O17P5. The third kappa shape index (κ3) is 15.7. The fourth-order valence-electron chi connectivity index (χ4n) is 5.38. The van der Waals surface area contributed by atoms with Crippen LogP contribution >= 0.6 is 37.9 Å². The van der Waals surface area contributed by atoms with E-state index in [-0.39, 0.29) is 195 Å². The van der Waals surface area contributed by atoms with E-state index in [4.69, 9.17) is 30.0 Å². The molecule has 2 saturated heterocycles. The molecule has 0 amide bonds. The molecule has 10 atom stereocenters. The number of aliphatic hydroxyl groups is 2. The Morgan fingerprint density at radius 3 is 1.35 bits per heavy atom. The first-order chi connectivity index (χ1) is 25.5. The van der Waals surface area contributed by atoms with E-state index >= 15 is 0 Å². The molecule has 2 aliphatic heterocycles. The molecule has 4 aromatic heterocycles. The first-order valence-electron chi connectivity index (χ1n) is 15.1. The van der Waals surface area contributed by atoms with Gasteiger partial charge in [0.2, 0.25) is 0 Å². The number of imidazole rings is 2. The molecule has 0 aromatic carbocycles. The SMILES string of the molecule is [BH3-]P(=O)(OP(=O)([O-])CP(=O)([O-])OC[C@H]1O[C@@H](n2cnc3c(N)ncnc32)C[C@@H]1O)OP(=O)([O-])CP(=O)([O-])OC[C@H]1O[C@@H](n2cnc3c(N)ncnc32)C[C@@H]1O.[Na+].[Na+].[Na+].[Na+].[Na+]. The topological polar surface area (TPSA) is 413 Å². The molecule has 6 rings (SSSR count). The van der Waals surface area contributed by atoms with Gasteiger partial charge in [0.15, 0.2) is 30.4 Å². The molecule has 4 aromatic rings. The molecule has 2 aliphatic rings. The molecule has 0 radical (unpaired) electrons. The van der Waals surface area contributed by atoms with E-state index in [1.54, 1.807) is 0 Å². The van der Waals surface area contributed by atoms with Crippen molar-refractivity contribution in [2.75, 3.05) is 36.5 Å². The third-order valence-corrected chi connectivity index (χ3v) is 17.4. The van der Waals surface area contributed by atoms with E-state index in [1.165, 1.54) is 34.4 Å². The van der Waals surface area contributed by atoms with Crippen molar-refractivity contribution in [3.8, 4) is 0 Å². The predicted octanol–water partition coefficient (Wildman–Crippen LogP) is -18.2. The van der Waals surface area contributed by atoms with E-state index in [0.29, 0.717) is 0 Å². The summed E-state index contributed by atoms with van der Waals surface area (Å²) in [6, 6.07) is 0. The van der Waals surface area contributed by atoms with Gasteiger partial charge >= 0.3 is 148 Å². The molecule has 4 unspecified atom stereocenters. The van der Waals surface area contributed by atoms with Crippen molar-refractivity contribution in [3.63, 3.8) is 0 Å². The Hall–Kier alpha value is 2.43. The van der Waals surface area contributed by atoms with Gasteiger partial charge in [0, 0.05) is 12.8 Å². The zero-order chi connectivity index (χ0) is 40.1. The van der Waals surface area contributed by atoms with Gasteiger partial charge in [-0.15, -0.1) is 0 Å². The van der Waals surface area contributed by atoms with Crippen LogP contribution in [0.4, 0.5) is 11.6 Å². The van der Waals surface area contributed by atoms with Crippen LogP contribution in [0.1, 0.15) is 25.3 Å². The van der Waals surface area contributed by atoms with Crippen molar-refractivity contribution in [2.24, 2.45) is 0 Å². The molecule has 2 fully saturated rings. The van der Waals surface area contributed by atoms with Crippen LogP contribution in [0.5, 0.6) is 0 Å². The molecule has 38 heteroatoms. The number of nitrogen functional groups attached to an aromatic ring is 2. The molecule has 0 aliphatic carbocycles. The van der Waals surface area contributed by atoms with Gasteiger partial charge in [-0.05, 0) is 0 Å². The van der Waals surface area contributed by atoms with Gasteiger partial charge in [-0.1, -0.05) is 0 Å². The van der Waals surface area contributed by atoms with Gasteiger partial charge in [-0.3, -0.25) is 17.8 Å². The summed E-state index contributed by atoms with van der Waals surface area (Å²) >= 11 is 0. The van der Waals surface area contributed by atoms with E-state index in [9.17, 15) is 52.6 Å².